The van der Waals surface area contributed by atoms with Gasteiger partial charge in [-0.3, -0.25) is 4.79 Å². The smallest absolute Gasteiger partial charge is 0.227 e. The SMILES string of the molecule is COc1cc2c(cc1OC)CN(C(=O)CCc1nc(-c3ccc(C(C)C)cc3)no1)CC2. The predicted octanol–water partition coefficient (Wildman–Crippen LogP) is 4.39. The van der Waals surface area contributed by atoms with Gasteiger partial charge in [0.1, 0.15) is 0 Å². The third-order valence-corrected chi connectivity index (χ3v) is 5.93. The van der Waals surface area contributed by atoms with Gasteiger partial charge < -0.3 is 18.9 Å². The van der Waals surface area contributed by atoms with E-state index in [1.165, 1.54) is 11.1 Å². The fraction of sp³-hybridized carbons (Fsp3) is 0.400. The highest BCUT2D eigenvalue weighted by Crippen LogP contribution is 2.33. The van der Waals surface area contributed by atoms with Crippen LogP contribution >= 0.6 is 0 Å². The summed E-state index contributed by atoms with van der Waals surface area (Å²) in [6.45, 7) is 5.56. The zero-order chi connectivity index (χ0) is 22.7. The summed E-state index contributed by atoms with van der Waals surface area (Å²) in [5, 5.41) is 4.08. The molecule has 0 bridgehead atoms. The first-order valence-electron chi connectivity index (χ1n) is 10.9. The van der Waals surface area contributed by atoms with E-state index in [1.807, 2.05) is 29.2 Å². The Bertz CT molecular complexity index is 1090. The highest BCUT2D eigenvalue weighted by Gasteiger charge is 2.23. The van der Waals surface area contributed by atoms with Crippen LogP contribution in [0, 0.1) is 0 Å². The number of hydrogen-bond acceptors (Lipinski definition) is 6. The van der Waals surface area contributed by atoms with Gasteiger partial charge in [0, 0.05) is 31.5 Å². The second-order valence-corrected chi connectivity index (χ2v) is 8.33. The summed E-state index contributed by atoms with van der Waals surface area (Å²) >= 11 is 0. The number of aryl methyl sites for hydroxylation is 1. The Morgan fingerprint density at radius 2 is 1.78 bits per heavy atom. The predicted molar refractivity (Wildman–Crippen MR) is 121 cm³/mol. The maximum absolute atomic E-state index is 12.8. The molecule has 3 aromatic rings. The summed E-state index contributed by atoms with van der Waals surface area (Å²) in [5.41, 5.74) is 4.46. The molecule has 7 heteroatoms. The molecule has 1 aromatic heterocycles. The van der Waals surface area contributed by atoms with E-state index in [9.17, 15) is 4.79 Å². The number of amides is 1. The Morgan fingerprint density at radius 3 is 2.44 bits per heavy atom. The van der Waals surface area contributed by atoms with Crippen molar-refractivity contribution >= 4 is 5.91 Å². The van der Waals surface area contributed by atoms with Crippen molar-refractivity contribution in [3.63, 3.8) is 0 Å². The number of carbonyl (C=O) groups excluding carboxylic acids is 1. The van der Waals surface area contributed by atoms with Gasteiger partial charge in [-0.1, -0.05) is 43.3 Å². The molecule has 2 aromatic carbocycles. The van der Waals surface area contributed by atoms with Crippen molar-refractivity contribution < 1.29 is 18.8 Å². The molecule has 0 spiro atoms. The van der Waals surface area contributed by atoms with Gasteiger partial charge in [0.05, 0.1) is 14.2 Å². The summed E-state index contributed by atoms with van der Waals surface area (Å²) in [4.78, 5) is 19.2. The van der Waals surface area contributed by atoms with Crippen molar-refractivity contribution in [1.29, 1.82) is 0 Å². The minimum absolute atomic E-state index is 0.0754. The summed E-state index contributed by atoms with van der Waals surface area (Å²) in [6, 6.07) is 12.1. The van der Waals surface area contributed by atoms with Gasteiger partial charge in [-0.25, -0.2) is 0 Å². The van der Waals surface area contributed by atoms with Gasteiger partial charge in [-0.2, -0.15) is 4.98 Å². The summed E-state index contributed by atoms with van der Waals surface area (Å²) in [5.74, 6) is 2.98. The second-order valence-electron chi connectivity index (χ2n) is 8.33. The van der Waals surface area contributed by atoms with Crippen LogP contribution in [-0.2, 0) is 24.2 Å². The Kier molecular flexibility index (Phi) is 6.44. The van der Waals surface area contributed by atoms with E-state index in [2.05, 4.69) is 36.1 Å². The largest absolute Gasteiger partial charge is 0.493 e. The molecule has 1 aliphatic rings. The topological polar surface area (TPSA) is 77.7 Å². The lowest BCUT2D eigenvalue weighted by molar-refractivity contribution is -0.132. The average molecular weight is 436 g/mol. The van der Waals surface area contributed by atoms with Crippen LogP contribution in [0.25, 0.3) is 11.4 Å². The zero-order valence-electron chi connectivity index (χ0n) is 19.1. The van der Waals surface area contributed by atoms with E-state index in [0.29, 0.717) is 49.3 Å². The van der Waals surface area contributed by atoms with Crippen molar-refractivity contribution in [2.24, 2.45) is 0 Å². The number of nitrogens with zero attached hydrogens (tertiary/aromatic N) is 3. The van der Waals surface area contributed by atoms with E-state index in [4.69, 9.17) is 14.0 Å². The lowest BCUT2D eigenvalue weighted by Crippen LogP contribution is -2.36. The molecule has 0 aliphatic carbocycles. The lowest BCUT2D eigenvalue weighted by atomic mass is 9.98. The monoisotopic (exact) mass is 435 g/mol. The lowest BCUT2D eigenvalue weighted by Gasteiger charge is -2.29. The van der Waals surface area contributed by atoms with Crippen LogP contribution in [0.15, 0.2) is 40.9 Å². The Hall–Kier alpha value is -3.35. The first-order valence-corrected chi connectivity index (χ1v) is 10.9. The van der Waals surface area contributed by atoms with Gasteiger partial charge in [-0.05, 0) is 41.2 Å². The molecule has 0 saturated heterocycles. The average Bonchev–Trinajstić information content (AvgIpc) is 3.30. The fourth-order valence-electron chi connectivity index (χ4n) is 3.96. The second kappa shape index (κ2) is 9.42. The summed E-state index contributed by atoms with van der Waals surface area (Å²) in [7, 11) is 3.25. The number of rotatable bonds is 7. The number of methoxy groups -OCH3 is 2. The van der Waals surface area contributed by atoms with E-state index < -0.39 is 0 Å². The van der Waals surface area contributed by atoms with Crippen molar-refractivity contribution in [3.05, 3.63) is 59.0 Å². The number of carbonyl (C=O) groups is 1. The number of aromatic nitrogens is 2. The van der Waals surface area contributed by atoms with Crippen molar-refractivity contribution in [2.45, 2.75) is 45.6 Å². The Morgan fingerprint density at radius 1 is 1.09 bits per heavy atom. The molecule has 2 heterocycles. The molecule has 0 atom stereocenters. The molecule has 1 aliphatic heterocycles. The molecule has 0 N–H and O–H groups in total. The van der Waals surface area contributed by atoms with Crippen LogP contribution in [-0.4, -0.2) is 41.7 Å². The van der Waals surface area contributed by atoms with Crippen molar-refractivity contribution in [3.8, 4) is 22.9 Å². The fourth-order valence-corrected chi connectivity index (χ4v) is 3.96. The van der Waals surface area contributed by atoms with Gasteiger partial charge >= 0.3 is 0 Å². The quantitative estimate of drug-likeness (QED) is 0.548. The number of ether oxygens (including phenoxy) is 2. The van der Waals surface area contributed by atoms with E-state index in [1.54, 1.807) is 14.2 Å². The Balaban J connectivity index is 1.36. The number of benzene rings is 2. The molecule has 0 radical (unpaired) electrons. The highest BCUT2D eigenvalue weighted by molar-refractivity contribution is 5.76. The maximum atomic E-state index is 12.8. The minimum Gasteiger partial charge on any atom is -0.493 e. The van der Waals surface area contributed by atoms with Gasteiger partial charge in [0.15, 0.2) is 11.5 Å². The highest BCUT2D eigenvalue weighted by atomic mass is 16.5. The summed E-state index contributed by atoms with van der Waals surface area (Å²) < 4.78 is 16.2. The van der Waals surface area contributed by atoms with Crippen LogP contribution in [0.2, 0.25) is 0 Å². The molecule has 0 fully saturated rings. The minimum atomic E-state index is 0.0754. The summed E-state index contributed by atoms with van der Waals surface area (Å²) in [6.07, 6.45) is 1.54. The van der Waals surface area contributed by atoms with Gasteiger partial charge in [-0.15, -0.1) is 0 Å². The first-order chi connectivity index (χ1) is 15.5. The molecule has 4 rings (SSSR count). The first kappa shape index (κ1) is 21.9. The van der Waals surface area contributed by atoms with Gasteiger partial charge in [0.2, 0.25) is 17.6 Å². The Labute approximate surface area is 188 Å². The third-order valence-electron chi connectivity index (χ3n) is 5.93. The van der Waals surface area contributed by atoms with Crippen LogP contribution in [0.3, 0.4) is 0 Å². The van der Waals surface area contributed by atoms with Gasteiger partial charge in [0.25, 0.3) is 0 Å². The van der Waals surface area contributed by atoms with E-state index in [-0.39, 0.29) is 5.91 Å². The number of hydrogen-bond donors (Lipinski definition) is 0. The van der Waals surface area contributed by atoms with Crippen molar-refractivity contribution in [1.82, 2.24) is 15.0 Å². The number of fused-ring (bicyclic) bond motifs is 1. The zero-order valence-corrected chi connectivity index (χ0v) is 19.1. The molecule has 0 saturated carbocycles. The molecule has 1 amide bonds. The van der Waals surface area contributed by atoms with Crippen LogP contribution in [0.5, 0.6) is 11.5 Å². The normalized spacial score (nSPS) is 13.2. The van der Waals surface area contributed by atoms with E-state index in [0.717, 1.165) is 23.3 Å². The molecular formula is C25H29N3O4. The standard InChI is InChI=1S/C25H29N3O4/c1-16(2)17-5-7-18(8-6-17)25-26-23(32-27-25)9-10-24(29)28-12-11-19-13-21(30-3)22(31-4)14-20(19)15-28/h5-8,13-14,16H,9-12,15H2,1-4H3. The molecule has 0 unspecified atom stereocenters. The molecule has 7 nitrogen and oxygen atoms in total. The molecular weight excluding hydrogens is 406 g/mol. The third kappa shape index (κ3) is 4.61. The molecule has 168 valence electrons. The van der Waals surface area contributed by atoms with E-state index >= 15 is 0 Å². The van der Waals surface area contributed by atoms with Crippen LogP contribution in [0.4, 0.5) is 0 Å². The molecule has 32 heavy (non-hydrogen) atoms. The van der Waals surface area contributed by atoms with Crippen LogP contribution in [0.1, 0.15) is 48.8 Å². The maximum Gasteiger partial charge on any atom is 0.227 e. The van der Waals surface area contributed by atoms with Crippen LogP contribution < -0.4 is 9.47 Å². The van der Waals surface area contributed by atoms with Crippen molar-refractivity contribution in [2.75, 3.05) is 20.8 Å².